The Hall–Kier alpha value is -3.45. The standard InChI is InChI=1S/C28H34N2O5/c1-20(19-31)30-26(32)17-23-14-8-9-15-24(16-21-10-4-2-5-11-21)28(34)35-25(18-29-27(23)33)22-12-6-3-7-13-22/h2-13,20,23-25,31H,14-19H2,1H3,(H,29,33)(H,30,32). The largest absolute Gasteiger partial charge is 0.455 e. The van der Waals surface area contributed by atoms with Gasteiger partial charge in [0.05, 0.1) is 25.0 Å². The maximum Gasteiger partial charge on any atom is 0.310 e. The highest BCUT2D eigenvalue weighted by molar-refractivity contribution is 5.86. The van der Waals surface area contributed by atoms with Crippen LogP contribution in [0, 0.1) is 11.8 Å². The summed E-state index contributed by atoms with van der Waals surface area (Å²) in [4.78, 5) is 38.6. The number of benzene rings is 2. The second-order valence-corrected chi connectivity index (χ2v) is 8.96. The van der Waals surface area contributed by atoms with E-state index in [2.05, 4.69) is 10.6 Å². The van der Waals surface area contributed by atoms with E-state index in [1.54, 1.807) is 6.92 Å². The third kappa shape index (κ3) is 8.37. The van der Waals surface area contributed by atoms with Crippen molar-refractivity contribution < 1.29 is 24.2 Å². The molecule has 2 aromatic rings. The normalized spacial score (nSPS) is 22.2. The fourth-order valence-corrected chi connectivity index (χ4v) is 4.04. The first kappa shape index (κ1) is 26.2. The number of allylic oxidation sites excluding steroid dienone is 2. The highest BCUT2D eigenvalue weighted by atomic mass is 16.5. The lowest BCUT2D eigenvalue weighted by atomic mass is 9.94. The smallest absolute Gasteiger partial charge is 0.310 e. The molecule has 0 radical (unpaired) electrons. The van der Waals surface area contributed by atoms with Gasteiger partial charge in [0.25, 0.3) is 0 Å². The lowest BCUT2D eigenvalue weighted by Gasteiger charge is -2.24. The Morgan fingerprint density at radius 2 is 1.66 bits per heavy atom. The van der Waals surface area contributed by atoms with Crippen LogP contribution in [-0.4, -0.2) is 42.1 Å². The van der Waals surface area contributed by atoms with Crippen molar-refractivity contribution in [1.29, 1.82) is 0 Å². The van der Waals surface area contributed by atoms with Gasteiger partial charge in [-0.2, -0.15) is 0 Å². The molecule has 0 fully saturated rings. The quantitative estimate of drug-likeness (QED) is 0.419. The van der Waals surface area contributed by atoms with Crippen molar-refractivity contribution in [2.75, 3.05) is 13.2 Å². The first-order chi connectivity index (χ1) is 17.0. The number of hydrogen-bond donors (Lipinski definition) is 3. The summed E-state index contributed by atoms with van der Waals surface area (Å²) in [7, 11) is 0. The lowest BCUT2D eigenvalue weighted by molar-refractivity contribution is -0.154. The average molecular weight is 479 g/mol. The summed E-state index contributed by atoms with van der Waals surface area (Å²) in [5, 5.41) is 14.8. The van der Waals surface area contributed by atoms with E-state index in [4.69, 9.17) is 4.74 Å². The molecule has 1 aliphatic rings. The Morgan fingerprint density at radius 3 is 2.31 bits per heavy atom. The number of carbonyl (C=O) groups is 3. The van der Waals surface area contributed by atoms with Gasteiger partial charge in [-0.3, -0.25) is 14.4 Å². The Kier molecular flexibility index (Phi) is 10.0. The molecule has 35 heavy (non-hydrogen) atoms. The van der Waals surface area contributed by atoms with Crippen molar-refractivity contribution in [3.8, 4) is 0 Å². The van der Waals surface area contributed by atoms with Gasteiger partial charge in [0.15, 0.2) is 0 Å². The fourth-order valence-electron chi connectivity index (χ4n) is 4.04. The molecule has 2 aromatic carbocycles. The van der Waals surface area contributed by atoms with E-state index in [0.717, 1.165) is 11.1 Å². The number of amides is 2. The van der Waals surface area contributed by atoms with E-state index < -0.39 is 12.0 Å². The predicted octanol–water partition coefficient (Wildman–Crippen LogP) is 3.10. The van der Waals surface area contributed by atoms with Crippen molar-refractivity contribution >= 4 is 17.8 Å². The minimum Gasteiger partial charge on any atom is -0.455 e. The summed E-state index contributed by atoms with van der Waals surface area (Å²) >= 11 is 0. The topological polar surface area (TPSA) is 105 Å². The molecule has 4 atom stereocenters. The molecule has 0 saturated heterocycles. The second-order valence-electron chi connectivity index (χ2n) is 8.96. The first-order valence-corrected chi connectivity index (χ1v) is 12.1. The van der Waals surface area contributed by atoms with Crippen LogP contribution in [0.15, 0.2) is 72.8 Å². The Balaban J connectivity index is 1.81. The molecule has 1 aliphatic heterocycles. The van der Waals surface area contributed by atoms with Gasteiger partial charge < -0.3 is 20.5 Å². The number of ether oxygens (including phenoxy) is 1. The van der Waals surface area contributed by atoms with Crippen LogP contribution in [0.25, 0.3) is 0 Å². The van der Waals surface area contributed by atoms with Crippen molar-refractivity contribution in [3.05, 3.63) is 83.9 Å². The summed E-state index contributed by atoms with van der Waals surface area (Å²) in [6.07, 6.45) is 4.50. The van der Waals surface area contributed by atoms with Crippen LogP contribution < -0.4 is 10.6 Å². The lowest BCUT2D eigenvalue weighted by Crippen LogP contribution is -2.40. The van der Waals surface area contributed by atoms with Crippen molar-refractivity contribution in [2.45, 2.75) is 44.8 Å². The van der Waals surface area contributed by atoms with Crippen LogP contribution in [-0.2, 0) is 25.5 Å². The first-order valence-electron chi connectivity index (χ1n) is 12.1. The molecule has 0 spiro atoms. The third-order valence-corrected chi connectivity index (χ3v) is 6.04. The van der Waals surface area contributed by atoms with E-state index in [0.29, 0.717) is 19.3 Å². The number of nitrogens with one attached hydrogen (secondary N) is 2. The zero-order valence-corrected chi connectivity index (χ0v) is 20.1. The molecule has 7 nitrogen and oxygen atoms in total. The zero-order valence-electron chi connectivity index (χ0n) is 20.1. The van der Waals surface area contributed by atoms with E-state index in [-0.39, 0.29) is 49.3 Å². The third-order valence-electron chi connectivity index (χ3n) is 6.04. The monoisotopic (exact) mass is 478 g/mol. The minimum atomic E-state index is -0.641. The molecule has 3 N–H and O–H groups in total. The molecule has 0 bridgehead atoms. The molecule has 1 heterocycles. The molecule has 0 aliphatic carbocycles. The number of aliphatic hydroxyl groups is 1. The molecular formula is C28H34N2O5. The Labute approximate surface area is 206 Å². The molecule has 3 rings (SSSR count). The van der Waals surface area contributed by atoms with Crippen LogP contribution in [0.1, 0.15) is 43.4 Å². The minimum absolute atomic E-state index is 0.00372. The van der Waals surface area contributed by atoms with Crippen molar-refractivity contribution in [1.82, 2.24) is 10.6 Å². The van der Waals surface area contributed by atoms with Crippen LogP contribution in [0.2, 0.25) is 0 Å². The van der Waals surface area contributed by atoms with E-state index in [1.807, 2.05) is 72.8 Å². The number of rotatable bonds is 7. The van der Waals surface area contributed by atoms with Gasteiger partial charge in [0.1, 0.15) is 6.10 Å². The average Bonchev–Trinajstić information content (AvgIpc) is 2.87. The SMILES string of the molecule is CC(CO)NC(=O)CC1CC=CCC(Cc2ccccc2)C(=O)OC(c2ccccc2)CNC1=O. The van der Waals surface area contributed by atoms with Crippen LogP contribution >= 0.6 is 0 Å². The molecule has 2 amide bonds. The van der Waals surface area contributed by atoms with Crippen LogP contribution in [0.5, 0.6) is 0 Å². The van der Waals surface area contributed by atoms with Crippen molar-refractivity contribution in [3.63, 3.8) is 0 Å². The summed E-state index contributed by atoms with van der Waals surface area (Å²) in [5.41, 5.74) is 1.84. The van der Waals surface area contributed by atoms with Crippen molar-refractivity contribution in [2.24, 2.45) is 11.8 Å². The summed E-state index contributed by atoms with van der Waals surface area (Å²) in [6.45, 7) is 1.64. The fraction of sp³-hybridized carbons (Fsp3) is 0.393. The molecule has 4 unspecified atom stereocenters. The number of aliphatic hydroxyl groups excluding tert-OH is 1. The maximum atomic E-state index is 13.2. The second kappa shape index (κ2) is 13.4. The molecule has 186 valence electrons. The van der Waals surface area contributed by atoms with E-state index >= 15 is 0 Å². The number of cyclic esters (lactones) is 1. The summed E-state index contributed by atoms with van der Waals surface area (Å²) in [5.74, 6) is -1.82. The van der Waals surface area contributed by atoms with Gasteiger partial charge in [0, 0.05) is 12.5 Å². The highest BCUT2D eigenvalue weighted by Crippen LogP contribution is 2.23. The number of esters is 1. The Morgan fingerprint density at radius 1 is 1.03 bits per heavy atom. The maximum absolute atomic E-state index is 13.2. The highest BCUT2D eigenvalue weighted by Gasteiger charge is 2.27. The van der Waals surface area contributed by atoms with Gasteiger partial charge >= 0.3 is 5.97 Å². The van der Waals surface area contributed by atoms with Gasteiger partial charge in [-0.1, -0.05) is 72.8 Å². The van der Waals surface area contributed by atoms with E-state index in [1.165, 1.54) is 0 Å². The van der Waals surface area contributed by atoms with Gasteiger partial charge in [-0.15, -0.1) is 0 Å². The number of hydrogen-bond acceptors (Lipinski definition) is 5. The molecule has 0 aromatic heterocycles. The zero-order chi connectivity index (χ0) is 25.0. The van der Waals surface area contributed by atoms with Crippen LogP contribution in [0.3, 0.4) is 0 Å². The van der Waals surface area contributed by atoms with Crippen LogP contribution in [0.4, 0.5) is 0 Å². The Bertz CT molecular complexity index is 993. The van der Waals surface area contributed by atoms with Gasteiger partial charge in [-0.25, -0.2) is 0 Å². The number of carbonyl (C=O) groups excluding carboxylic acids is 3. The molecule has 0 saturated carbocycles. The molecule has 7 heteroatoms. The predicted molar refractivity (Wildman–Crippen MR) is 133 cm³/mol. The molecular weight excluding hydrogens is 444 g/mol. The van der Waals surface area contributed by atoms with E-state index in [9.17, 15) is 19.5 Å². The van der Waals surface area contributed by atoms with Gasteiger partial charge in [-0.05, 0) is 37.3 Å². The summed E-state index contributed by atoms with van der Waals surface area (Å²) in [6, 6.07) is 18.8. The van der Waals surface area contributed by atoms with Gasteiger partial charge in [0.2, 0.25) is 11.8 Å². The summed E-state index contributed by atoms with van der Waals surface area (Å²) < 4.78 is 5.93.